The SMILES string of the molecule is COc1cccc2[nH]c(C(=O)N[C@@H](CC3CC3)C(=O)N[C@H](C#N)CC3C(=O)Nc4cc(C)ccc43)cc12. The Kier molecular flexibility index (Phi) is 6.57. The number of hydrogen-bond donors (Lipinski definition) is 4. The highest BCUT2D eigenvalue weighted by atomic mass is 16.5. The highest BCUT2D eigenvalue weighted by molar-refractivity contribution is 6.03. The zero-order chi connectivity index (χ0) is 26.1. The number of fused-ring (bicyclic) bond motifs is 2. The molecule has 0 radical (unpaired) electrons. The molecule has 3 aromatic rings. The maximum absolute atomic E-state index is 13.3. The van der Waals surface area contributed by atoms with E-state index in [4.69, 9.17) is 4.74 Å². The number of ether oxygens (including phenoxy) is 1. The number of anilines is 1. The topological polar surface area (TPSA) is 136 Å². The number of nitrogens with one attached hydrogen (secondary N) is 4. The third-order valence-electron chi connectivity index (χ3n) is 7.08. The summed E-state index contributed by atoms with van der Waals surface area (Å²) in [4.78, 5) is 42.0. The van der Waals surface area contributed by atoms with E-state index in [1.807, 2.05) is 43.3 Å². The van der Waals surface area contributed by atoms with E-state index in [1.54, 1.807) is 13.2 Å². The van der Waals surface area contributed by atoms with Gasteiger partial charge in [0.15, 0.2) is 0 Å². The van der Waals surface area contributed by atoms with Gasteiger partial charge in [0.2, 0.25) is 11.8 Å². The van der Waals surface area contributed by atoms with E-state index >= 15 is 0 Å². The van der Waals surface area contributed by atoms with Gasteiger partial charge in [-0.1, -0.05) is 31.0 Å². The van der Waals surface area contributed by atoms with Crippen LogP contribution in [0.4, 0.5) is 5.69 Å². The molecule has 3 amide bonds. The Hall–Kier alpha value is -4.32. The lowest BCUT2D eigenvalue weighted by Crippen LogP contribution is -2.50. The summed E-state index contributed by atoms with van der Waals surface area (Å²) in [7, 11) is 1.57. The molecule has 1 fully saturated rings. The van der Waals surface area contributed by atoms with Crippen molar-refractivity contribution in [3.8, 4) is 11.8 Å². The lowest BCUT2D eigenvalue weighted by molar-refractivity contribution is -0.124. The molecule has 2 aliphatic rings. The van der Waals surface area contributed by atoms with Crippen molar-refractivity contribution in [1.29, 1.82) is 5.26 Å². The normalized spacial score (nSPS) is 17.9. The maximum Gasteiger partial charge on any atom is 0.268 e. The molecule has 4 N–H and O–H groups in total. The Morgan fingerprint density at radius 2 is 1.97 bits per heavy atom. The minimum atomic E-state index is -0.883. The number of carbonyl (C=O) groups is 3. The molecular weight excluding hydrogens is 470 g/mol. The van der Waals surface area contributed by atoms with Gasteiger partial charge in [0, 0.05) is 16.6 Å². The van der Waals surface area contributed by atoms with E-state index < -0.39 is 29.8 Å². The molecule has 1 aromatic heterocycles. The number of hydrogen-bond acceptors (Lipinski definition) is 5. The number of H-pyrrole nitrogens is 1. The average molecular weight is 500 g/mol. The Morgan fingerprint density at radius 3 is 2.70 bits per heavy atom. The van der Waals surface area contributed by atoms with Crippen molar-refractivity contribution in [2.24, 2.45) is 5.92 Å². The lowest BCUT2D eigenvalue weighted by Gasteiger charge is -2.21. The summed E-state index contributed by atoms with van der Waals surface area (Å²) in [5, 5.41) is 19.0. The van der Waals surface area contributed by atoms with Gasteiger partial charge < -0.3 is 25.7 Å². The molecule has 2 aromatic carbocycles. The summed E-state index contributed by atoms with van der Waals surface area (Å²) in [6, 6.07) is 13.3. The Balaban J connectivity index is 1.29. The van der Waals surface area contributed by atoms with Gasteiger partial charge in [-0.3, -0.25) is 14.4 Å². The summed E-state index contributed by atoms with van der Waals surface area (Å²) in [6.45, 7) is 1.94. The molecule has 0 spiro atoms. The van der Waals surface area contributed by atoms with Gasteiger partial charge in [-0.25, -0.2) is 0 Å². The number of rotatable bonds is 9. The fourth-order valence-electron chi connectivity index (χ4n) is 4.91. The second kappa shape index (κ2) is 9.97. The van der Waals surface area contributed by atoms with Crippen LogP contribution in [-0.4, -0.2) is 41.9 Å². The summed E-state index contributed by atoms with van der Waals surface area (Å²) in [5.74, 6) is -0.555. The molecular formula is C28H29N5O4. The zero-order valence-electron chi connectivity index (χ0n) is 20.8. The van der Waals surface area contributed by atoms with Crippen LogP contribution in [0.1, 0.15) is 53.2 Å². The van der Waals surface area contributed by atoms with Crippen LogP contribution >= 0.6 is 0 Å². The van der Waals surface area contributed by atoms with Crippen LogP contribution in [0.2, 0.25) is 0 Å². The number of amides is 3. The van der Waals surface area contributed by atoms with Crippen molar-refractivity contribution in [3.63, 3.8) is 0 Å². The van der Waals surface area contributed by atoms with Crippen LogP contribution in [0.15, 0.2) is 42.5 Å². The molecule has 5 rings (SSSR count). The number of benzene rings is 2. The Bertz CT molecular complexity index is 1420. The molecule has 1 unspecified atom stereocenters. The first-order valence-electron chi connectivity index (χ1n) is 12.4. The molecule has 37 heavy (non-hydrogen) atoms. The first kappa shape index (κ1) is 24.4. The molecule has 1 aliphatic heterocycles. The summed E-state index contributed by atoms with van der Waals surface area (Å²) >= 11 is 0. The van der Waals surface area contributed by atoms with Crippen molar-refractivity contribution < 1.29 is 19.1 Å². The molecule has 0 saturated heterocycles. The van der Waals surface area contributed by atoms with Gasteiger partial charge in [-0.2, -0.15) is 5.26 Å². The van der Waals surface area contributed by atoms with Gasteiger partial charge in [-0.05, 0) is 61.1 Å². The standard InChI is InChI=1S/C28H29N5O4/c1-15-6-9-18-19(26(34)32-22(18)10-15)12-17(14-29)30-27(35)23(11-16-7-8-16)33-28(36)24-13-20-21(31-24)4-3-5-25(20)37-2/h3-6,9-10,13,16-17,19,23,31H,7-8,11-12H2,1-2H3,(H,30,35)(H,32,34)(H,33,36)/t17-,19?,23-/m0/s1. The molecule has 2 heterocycles. The minimum Gasteiger partial charge on any atom is -0.496 e. The third kappa shape index (κ3) is 5.14. The smallest absolute Gasteiger partial charge is 0.268 e. The van der Waals surface area contributed by atoms with Crippen LogP contribution in [0.25, 0.3) is 10.9 Å². The number of aromatic nitrogens is 1. The molecule has 3 atom stereocenters. The predicted octanol–water partition coefficient (Wildman–Crippen LogP) is 3.52. The maximum atomic E-state index is 13.3. The Labute approximate surface area is 214 Å². The monoisotopic (exact) mass is 499 g/mol. The van der Waals surface area contributed by atoms with Crippen molar-refractivity contribution in [2.75, 3.05) is 12.4 Å². The van der Waals surface area contributed by atoms with E-state index in [9.17, 15) is 19.6 Å². The van der Waals surface area contributed by atoms with Crippen molar-refractivity contribution >= 4 is 34.3 Å². The Morgan fingerprint density at radius 1 is 1.16 bits per heavy atom. The van der Waals surface area contributed by atoms with Gasteiger partial charge in [-0.15, -0.1) is 0 Å². The van der Waals surface area contributed by atoms with Crippen molar-refractivity contribution in [2.45, 2.75) is 50.6 Å². The number of aryl methyl sites for hydroxylation is 1. The fourth-order valence-corrected chi connectivity index (χ4v) is 4.91. The van der Waals surface area contributed by atoms with Gasteiger partial charge in [0.05, 0.1) is 19.1 Å². The summed E-state index contributed by atoms with van der Waals surface area (Å²) < 4.78 is 5.37. The first-order valence-corrected chi connectivity index (χ1v) is 12.4. The molecule has 9 heteroatoms. The quantitative estimate of drug-likeness (QED) is 0.357. The third-order valence-corrected chi connectivity index (χ3v) is 7.08. The van der Waals surface area contributed by atoms with Gasteiger partial charge in [0.25, 0.3) is 5.91 Å². The van der Waals surface area contributed by atoms with Gasteiger partial charge >= 0.3 is 0 Å². The van der Waals surface area contributed by atoms with E-state index in [2.05, 4.69) is 27.0 Å². The van der Waals surface area contributed by atoms with Gasteiger partial charge in [0.1, 0.15) is 23.5 Å². The lowest BCUT2D eigenvalue weighted by atomic mass is 9.93. The van der Waals surface area contributed by atoms with Crippen molar-refractivity contribution in [3.05, 3.63) is 59.3 Å². The van der Waals surface area contributed by atoms with E-state index in [0.29, 0.717) is 23.8 Å². The molecule has 0 bridgehead atoms. The zero-order valence-corrected chi connectivity index (χ0v) is 20.8. The van der Waals surface area contributed by atoms with Crippen LogP contribution < -0.4 is 20.7 Å². The number of nitrogens with zero attached hydrogens (tertiary/aromatic N) is 1. The number of aromatic amines is 1. The molecule has 9 nitrogen and oxygen atoms in total. The van der Waals surface area contributed by atoms with Crippen LogP contribution in [0.3, 0.4) is 0 Å². The highest BCUT2D eigenvalue weighted by Gasteiger charge is 2.35. The summed E-state index contributed by atoms with van der Waals surface area (Å²) in [5.41, 5.74) is 3.66. The van der Waals surface area contributed by atoms with E-state index in [1.165, 1.54) is 0 Å². The second-order valence-corrected chi connectivity index (χ2v) is 9.87. The van der Waals surface area contributed by atoms with Crippen molar-refractivity contribution in [1.82, 2.24) is 15.6 Å². The number of carbonyl (C=O) groups excluding carboxylic acids is 3. The van der Waals surface area contributed by atoms with Crippen LogP contribution in [0.5, 0.6) is 5.75 Å². The number of nitriles is 1. The number of methoxy groups -OCH3 is 1. The summed E-state index contributed by atoms with van der Waals surface area (Å²) in [6.07, 6.45) is 2.65. The predicted molar refractivity (Wildman–Crippen MR) is 138 cm³/mol. The van der Waals surface area contributed by atoms with Crippen LogP contribution in [0, 0.1) is 24.2 Å². The highest BCUT2D eigenvalue weighted by Crippen LogP contribution is 2.36. The second-order valence-electron chi connectivity index (χ2n) is 9.87. The molecule has 190 valence electrons. The fraction of sp³-hybridized carbons (Fsp3) is 0.357. The molecule has 1 aliphatic carbocycles. The molecule has 1 saturated carbocycles. The largest absolute Gasteiger partial charge is 0.496 e. The average Bonchev–Trinajstić information content (AvgIpc) is 3.50. The van der Waals surface area contributed by atoms with E-state index in [0.717, 1.165) is 40.6 Å². The van der Waals surface area contributed by atoms with Crippen LogP contribution in [-0.2, 0) is 9.59 Å². The minimum absolute atomic E-state index is 0.149. The van der Waals surface area contributed by atoms with E-state index in [-0.39, 0.29) is 12.3 Å². The first-order chi connectivity index (χ1) is 17.9.